The van der Waals surface area contributed by atoms with Crippen molar-refractivity contribution in [3.05, 3.63) is 53.1 Å². The van der Waals surface area contributed by atoms with Crippen LogP contribution in [0.1, 0.15) is 37.5 Å². The summed E-state index contributed by atoms with van der Waals surface area (Å²) in [6.45, 7) is 0. The number of hydrogen-bond donors (Lipinski definition) is 15. The molecule has 5 atom stereocenters. The minimum absolute atomic E-state index is 0.402. The Labute approximate surface area is 373 Å². The molecule has 0 spiro atoms. The molecule has 3 aliphatic heterocycles. The normalized spacial score (nSPS) is 20.0. The molecule has 0 aliphatic carbocycles. The van der Waals surface area contributed by atoms with Crippen molar-refractivity contribution >= 4 is 30.0 Å². The first kappa shape index (κ1) is 44.8. The maximum atomic E-state index is 14.4. The Morgan fingerprint density at radius 1 is 0.456 bits per heavy atom. The van der Waals surface area contributed by atoms with Crippen LogP contribution in [-0.2, 0) is 28.5 Å². The molecule has 15 N–H and O–H groups in total. The highest BCUT2D eigenvalue weighted by molar-refractivity contribution is 6.08. The van der Waals surface area contributed by atoms with Crippen LogP contribution >= 0.6 is 0 Å². The molecule has 0 unspecified atom stereocenters. The summed E-state index contributed by atoms with van der Waals surface area (Å²) in [7, 11) is 0. The summed E-state index contributed by atoms with van der Waals surface area (Å²) in [6.07, 6.45) is -15.6. The van der Waals surface area contributed by atoms with Crippen molar-refractivity contribution in [2.24, 2.45) is 0 Å². The SMILES string of the molecule is O=C1C[C@H]2O[C@H](OC(=O)c3cc(O)c(O)c(O)c3)[C@@H]3OC(=O)c4cc(O)c(O)c(O)c4-c4c(cc(O)c(O)c4O)C(=O)O[C@H]3[C@@H]2OC(=O)Oc2cc(O)c(O)c(O)c2-c2c(cc(O)c(O)c2O)O1. The van der Waals surface area contributed by atoms with E-state index in [9.17, 15) is 101 Å². The van der Waals surface area contributed by atoms with Gasteiger partial charge in [-0.25, -0.2) is 19.2 Å². The molecule has 5 aromatic carbocycles. The van der Waals surface area contributed by atoms with E-state index in [1.807, 2.05) is 0 Å². The van der Waals surface area contributed by atoms with Gasteiger partial charge in [-0.15, -0.1) is 0 Å². The van der Waals surface area contributed by atoms with Gasteiger partial charge in [0.2, 0.25) is 35.4 Å². The second-order valence-corrected chi connectivity index (χ2v) is 14.6. The first-order valence-corrected chi connectivity index (χ1v) is 18.7. The molecule has 0 amide bonds. The summed E-state index contributed by atoms with van der Waals surface area (Å²) >= 11 is 0. The highest BCUT2D eigenvalue weighted by Gasteiger charge is 2.56. The lowest BCUT2D eigenvalue weighted by Crippen LogP contribution is -2.63. The fraction of sp³-hybridized carbons (Fsp3) is 0.146. The molecule has 0 aromatic heterocycles. The number of phenolic OH excluding ortho intramolecular Hbond substituents is 15. The third-order valence-electron chi connectivity index (χ3n) is 10.5. The Kier molecular flexibility index (Phi) is 10.6. The third-order valence-corrected chi connectivity index (χ3v) is 10.5. The van der Waals surface area contributed by atoms with Crippen LogP contribution in [0.2, 0.25) is 0 Å². The minimum atomic E-state index is -2.57. The van der Waals surface area contributed by atoms with Gasteiger partial charge in [0, 0.05) is 23.3 Å². The number of aromatic hydroxyl groups is 15. The first-order valence-electron chi connectivity index (χ1n) is 18.7. The van der Waals surface area contributed by atoms with Crippen molar-refractivity contribution in [3.8, 4) is 120 Å². The summed E-state index contributed by atoms with van der Waals surface area (Å²) in [6, 6.07) is 2.83. The molecule has 27 heteroatoms. The quantitative estimate of drug-likeness (QED) is 0.0396. The molecule has 27 nitrogen and oxygen atoms in total. The van der Waals surface area contributed by atoms with E-state index in [1.54, 1.807) is 0 Å². The van der Waals surface area contributed by atoms with Crippen molar-refractivity contribution in [1.29, 1.82) is 0 Å². The van der Waals surface area contributed by atoms with Crippen LogP contribution in [0.15, 0.2) is 36.4 Å². The van der Waals surface area contributed by atoms with Crippen molar-refractivity contribution in [2.45, 2.75) is 37.1 Å². The van der Waals surface area contributed by atoms with Gasteiger partial charge < -0.3 is 110 Å². The first-order chi connectivity index (χ1) is 32.0. The molecule has 354 valence electrons. The molecule has 1 fully saturated rings. The summed E-state index contributed by atoms with van der Waals surface area (Å²) in [5.41, 5.74) is -7.19. The number of benzene rings is 5. The summed E-state index contributed by atoms with van der Waals surface area (Å²) in [4.78, 5) is 70.2. The number of esters is 4. The average molecular weight is 953 g/mol. The van der Waals surface area contributed by atoms with Crippen LogP contribution in [0.25, 0.3) is 22.3 Å². The zero-order valence-electron chi connectivity index (χ0n) is 33.2. The van der Waals surface area contributed by atoms with Crippen LogP contribution in [-0.4, -0.2) is 137 Å². The van der Waals surface area contributed by atoms with Gasteiger partial charge in [-0.3, -0.25) is 4.79 Å². The predicted molar refractivity (Wildman–Crippen MR) is 209 cm³/mol. The van der Waals surface area contributed by atoms with Gasteiger partial charge in [0.05, 0.1) is 34.2 Å². The number of carbonyl (C=O) groups excluding carboxylic acids is 5. The Bertz CT molecular complexity index is 3040. The van der Waals surface area contributed by atoms with Crippen LogP contribution in [0.5, 0.6) is 97.7 Å². The van der Waals surface area contributed by atoms with Crippen LogP contribution in [0.3, 0.4) is 0 Å². The van der Waals surface area contributed by atoms with Crippen molar-refractivity contribution < 1.29 is 134 Å². The average Bonchev–Trinajstić information content (AvgIpc) is 3.27. The zero-order valence-corrected chi connectivity index (χ0v) is 33.2. The van der Waals surface area contributed by atoms with E-state index in [2.05, 4.69) is 0 Å². The number of ether oxygens (including phenoxy) is 7. The van der Waals surface area contributed by atoms with E-state index in [-0.39, 0.29) is 0 Å². The molecular formula is C41H28O27. The lowest BCUT2D eigenvalue weighted by Gasteiger charge is -2.44. The van der Waals surface area contributed by atoms with E-state index in [4.69, 9.17) is 33.2 Å². The fourth-order valence-corrected chi connectivity index (χ4v) is 7.37. The van der Waals surface area contributed by atoms with Gasteiger partial charge in [-0.1, -0.05) is 0 Å². The standard InChI is InChI=1S/C41H28O27/c42-11-1-8(2-12(43)25(11)49)37(58)68-40-36-35(65-38(59)9-3-13(44)26(50)30(54)21(9)22-10(39(60)66-36)4-14(45)27(51)31(22)55)34-19(63-40)7-20(48)62-17-5-15(46)28(52)32(56)23(17)24-18(64-41(61)67-34)6-16(47)29(53)33(24)57/h1-6,19,34-36,40,42-47,49-57H,7H2/t19-,34-,35+,36-,40-/m1/s1. The summed E-state index contributed by atoms with van der Waals surface area (Å²) in [5.74, 6) is -28.3. The lowest BCUT2D eigenvalue weighted by molar-refractivity contribution is -0.279. The number of rotatable bonds is 2. The number of phenols is 15. The molecule has 3 aliphatic rings. The van der Waals surface area contributed by atoms with E-state index in [0.717, 1.165) is 0 Å². The second kappa shape index (κ2) is 16.0. The van der Waals surface area contributed by atoms with Crippen LogP contribution in [0, 0.1) is 0 Å². The fourth-order valence-electron chi connectivity index (χ4n) is 7.37. The van der Waals surface area contributed by atoms with Crippen molar-refractivity contribution in [3.63, 3.8) is 0 Å². The van der Waals surface area contributed by atoms with Gasteiger partial charge in [0.25, 0.3) is 0 Å². The van der Waals surface area contributed by atoms with Gasteiger partial charge in [0.15, 0.2) is 75.5 Å². The Hall–Kier alpha value is -9.79. The zero-order chi connectivity index (χ0) is 49.5. The molecule has 0 saturated carbocycles. The monoisotopic (exact) mass is 952 g/mol. The maximum Gasteiger partial charge on any atom is 0.514 e. The number of fused-ring (bicyclic) bond motifs is 9. The van der Waals surface area contributed by atoms with Gasteiger partial charge in [-0.2, -0.15) is 0 Å². The summed E-state index contributed by atoms with van der Waals surface area (Å²) < 4.78 is 38.5. The molecule has 0 radical (unpaired) electrons. The van der Waals surface area contributed by atoms with Gasteiger partial charge >= 0.3 is 30.0 Å². The van der Waals surface area contributed by atoms with E-state index < -0.39 is 204 Å². The summed E-state index contributed by atoms with van der Waals surface area (Å²) in [5, 5.41) is 158. The Balaban J connectivity index is 1.34. The highest BCUT2D eigenvalue weighted by atomic mass is 16.8. The van der Waals surface area contributed by atoms with Crippen molar-refractivity contribution in [2.75, 3.05) is 0 Å². The topological polar surface area (TPSA) is 453 Å². The Morgan fingerprint density at radius 2 is 0.868 bits per heavy atom. The molecule has 8 rings (SSSR count). The van der Waals surface area contributed by atoms with Gasteiger partial charge in [-0.05, 0) is 24.3 Å². The van der Waals surface area contributed by atoms with Crippen molar-refractivity contribution in [1.82, 2.24) is 0 Å². The Morgan fingerprint density at radius 3 is 1.35 bits per heavy atom. The van der Waals surface area contributed by atoms with E-state index >= 15 is 0 Å². The second-order valence-electron chi connectivity index (χ2n) is 14.6. The van der Waals surface area contributed by atoms with E-state index in [1.165, 1.54) is 0 Å². The number of hydrogen-bond acceptors (Lipinski definition) is 27. The largest absolute Gasteiger partial charge is 0.514 e. The predicted octanol–water partition coefficient (Wildman–Crippen LogP) is 2.14. The smallest absolute Gasteiger partial charge is 0.504 e. The molecular weight excluding hydrogens is 924 g/mol. The van der Waals surface area contributed by atoms with E-state index in [0.29, 0.717) is 36.4 Å². The van der Waals surface area contributed by atoms with Crippen LogP contribution in [0.4, 0.5) is 4.79 Å². The van der Waals surface area contributed by atoms with Crippen LogP contribution < -0.4 is 9.47 Å². The lowest BCUT2D eigenvalue weighted by atomic mass is 9.90. The maximum absolute atomic E-state index is 14.4. The molecule has 1 saturated heterocycles. The minimum Gasteiger partial charge on any atom is -0.504 e. The highest BCUT2D eigenvalue weighted by Crippen LogP contribution is 2.58. The molecule has 68 heavy (non-hydrogen) atoms. The molecule has 0 bridgehead atoms. The molecule has 3 heterocycles. The molecule has 5 aromatic rings. The van der Waals surface area contributed by atoms with Gasteiger partial charge in [0.1, 0.15) is 17.6 Å². The number of carbonyl (C=O) groups is 5. The third kappa shape index (κ3) is 7.20.